The Balaban J connectivity index is 2.20. The largest absolute Gasteiger partial charge is 0.416 e. The van der Waals surface area contributed by atoms with Gasteiger partial charge < -0.3 is 5.32 Å². The molecule has 0 heterocycles. The zero-order valence-electron chi connectivity index (χ0n) is 11.6. The first-order chi connectivity index (χ1) is 9.77. The van der Waals surface area contributed by atoms with Crippen LogP contribution in [0.2, 0.25) is 0 Å². The number of hydrogen-bond donors (Lipinski definition) is 1. The van der Waals surface area contributed by atoms with E-state index < -0.39 is 11.7 Å². The highest BCUT2D eigenvalue weighted by molar-refractivity contribution is 14.1. The SMILES string of the molecule is Cc1ccc(NC(C)c2cccc(C(F)(F)F)c2)cc1I. The van der Waals surface area contributed by atoms with Crippen LogP contribution < -0.4 is 5.32 Å². The third-order valence-corrected chi connectivity index (χ3v) is 4.43. The van der Waals surface area contributed by atoms with E-state index in [2.05, 4.69) is 27.9 Å². The van der Waals surface area contributed by atoms with E-state index in [1.54, 1.807) is 6.07 Å². The lowest BCUT2D eigenvalue weighted by atomic mass is 10.0. The van der Waals surface area contributed by atoms with Crippen LogP contribution >= 0.6 is 22.6 Å². The van der Waals surface area contributed by atoms with Crippen molar-refractivity contribution >= 4 is 28.3 Å². The molecule has 1 nitrogen and oxygen atoms in total. The van der Waals surface area contributed by atoms with Gasteiger partial charge in [-0.15, -0.1) is 0 Å². The fraction of sp³-hybridized carbons (Fsp3) is 0.250. The van der Waals surface area contributed by atoms with Crippen LogP contribution in [0.15, 0.2) is 42.5 Å². The Bertz CT molecular complexity index is 638. The van der Waals surface area contributed by atoms with Crippen LogP contribution in [0, 0.1) is 10.5 Å². The predicted molar refractivity (Wildman–Crippen MR) is 87.4 cm³/mol. The van der Waals surface area contributed by atoms with Gasteiger partial charge in [0.25, 0.3) is 0 Å². The number of anilines is 1. The molecule has 0 amide bonds. The standard InChI is InChI=1S/C16H15F3IN/c1-10-6-7-14(9-15(10)20)21-11(2)12-4-3-5-13(8-12)16(17,18)19/h3-9,11,21H,1-2H3. The average molecular weight is 405 g/mol. The van der Waals surface area contributed by atoms with E-state index >= 15 is 0 Å². The smallest absolute Gasteiger partial charge is 0.378 e. The molecule has 21 heavy (non-hydrogen) atoms. The third-order valence-electron chi connectivity index (χ3n) is 3.27. The first-order valence-electron chi connectivity index (χ1n) is 6.47. The molecule has 1 unspecified atom stereocenters. The molecule has 1 atom stereocenters. The summed E-state index contributed by atoms with van der Waals surface area (Å²) >= 11 is 2.24. The molecule has 0 fully saturated rings. The maximum Gasteiger partial charge on any atom is 0.416 e. The minimum absolute atomic E-state index is 0.203. The molecule has 0 radical (unpaired) electrons. The third kappa shape index (κ3) is 4.12. The van der Waals surface area contributed by atoms with Crippen LogP contribution in [0.5, 0.6) is 0 Å². The second-order valence-corrected chi connectivity index (χ2v) is 6.12. The molecular formula is C16H15F3IN. The quantitative estimate of drug-likeness (QED) is 0.638. The Morgan fingerprint density at radius 2 is 1.81 bits per heavy atom. The highest BCUT2D eigenvalue weighted by Crippen LogP contribution is 2.31. The highest BCUT2D eigenvalue weighted by atomic mass is 127. The van der Waals surface area contributed by atoms with Gasteiger partial charge >= 0.3 is 6.18 Å². The summed E-state index contributed by atoms with van der Waals surface area (Å²) in [4.78, 5) is 0. The first-order valence-corrected chi connectivity index (χ1v) is 7.55. The summed E-state index contributed by atoms with van der Waals surface area (Å²) in [6, 6.07) is 11.1. The summed E-state index contributed by atoms with van der Waals surface area (Å²) in [5.41, 5.74) is 2.07. The number of aryl methyl sites for hydroxylation is 1. The van der Waals surface area contributed by atoms with Crippen molar-refractivity contribution in [2.24, 2.45) is 0 Å². The molecule has 2 aromatic carbocycles. The van der Waals surface area contributed by atoms with Gasteiger partial charge in [-0.3, -0.25) is 0 Å². The molecule has 0 aliphatic carbocycles. The summed E-state index contributed by atoms with van der Waals surface area (Å²) < 4.78 is 39.3. The van der Waals surface area contributed by atoms with Crippen molar-refractivity contribution in [3.63, 3.8) is 0 Å². The van der Waals surface area contributed by atoms with Crippen LogP contribution in [-0.2, 0) is 6.18 Å². The maximum atomic E-state index is 12.7. The normalized spacial score (nSPS) is 13.0. The second-order valence-electron chi connectivity index (χ2n) is 4.95. The van der Waals surface area contributed by atoms with Gasteiger partial charge in [0.15, 0.2) is 0 Å². The van der Waals surface area contributed by atoms with E-state index in [0.29, 0.717) is 5.56 Å². The number of hydrogen-bond acceptors (Lipinski definition) is 1. The number of alkyl halides is 3. The summed E-state index contributed by atoms with van der Waals surface area (Å²) in [6.45, 7) is 3.87. The van der Waals surface area contributed by atoms with Gasteiger partial charge in [0.1, 0.15) is 0 Å². The molecule has 2 aromatic rings. The van der Waals surface area contributed by atoms with Gasteiger partial charge in [0, 0.05) is 15.3 Å². The molecule has 0 saturated heterocycles. The topological polar surface area (TPSA) is 12.0 Å². The van der Waals surface area contributed by atoms with E-state index in [4.69, 9.17) is 0 Å². The van der Waals surface area contributed by atoms with Gasteiger partial charge in [-0.05, 0) is 71.8 Å². The molecule has 0 bridgehead atoms. The molecular weight excluding hydrogens is 390 g/mol. The number of rotatable bonds is 3. The summed E-state index contributed by atoms with van der Waals surface area (Å²) in [7, 11) is 0. The minimum atomic E-state index is -4.31. The second kappa shape index (κ2) is 6.25. The monoisotopic (exact) mass is 405 g/mol. The maximum absolute atomic E-state index is 12.7. The predicted octanol–water partition coefficient (Wildman–Crippen LogP) is 5.79. The average Bonchev–Trinajstić information content (AvgIpc) is 2.42. The first kappa shape index (κ1) is 16.1. The number of nitrogens with one attached hydrogen (secondary N) is 1. The lowest BCUT2D eigenvalue weighted by molar-refractivity contribution is -0.137. The zero-order valence-corrected chi connectivity index (χ0v) is 13.8. The van der Waals surface area contributed by atoms with E-state index in [1.165, 1.54) is 17.7 Å². The Labute approximate surface area is 135 Å². The molecule has 5 heteroatoms. The molecule has 0 spiro atoms. The fourth-order valence-corrected chi connectivity index (χ4v) is 2.52. The van der Waals surface area contributed by atoms with E-state index in [0.717, 1.165) is 15.3 Å². The Morgan fingerprint density at radius 3 is 2.43 bits per heavy atom. The number of halogens is 4. The van der Waals surface area contributed by atoms with Gasteiger partial charge in [-0.25, -0.2) is 0 Å². The Kier molecular flexibility index (Phi) is 4.81. The van der Waals surface area contributed by atoms with Crippen LogP contribution in [0.3, 0.4) is 0 Å². The lowest BCUT2D eigenvalue weighted by Crippen LogP contribution is -2.10. The molecule has 0 aromatic heterocycles. The fourth-order valence-electron chi connectivity index (χ4n) is 2.00. The molecule has 0 aliphatic rings. The van der Waals surface area contributed by atoms with Crippen molar-refractivity contribution in [1.82, 2.24) is 0 Å². The van der Waals surface area contributed by atoms with Crippen molar-refractivity contribution in [3.05, 3.63) is 62.7 Å². The Morgan fingerprint density at radius 1 is 1.10 bits per heavy atom. The molecule has 0 saturated carbocycles. The van der Waals surface area contributed by atoms with Gasteiger partial charge in [0.2, 0.25) is 0 Å². The Hall–Kier alpha value is -1.24. The van der Waals surface area contributed by atoms with Crippen LogP contribution in [-0.4, -0.2) is 0 Å². The van der Waals surface area contributed by atoms with E-state index in [9.17, 15) is 13.2 Å². The van der Waals surface area contributed by atoms with Crippen molar-refractivity contribution < 1.29 is 13.2 Å². The van der Waals surface area contributed by atoms with Crippen LogP contribution in [0.25, 0.3) is 0 Å². The van der Waals surface area contributed by atoms with Gasteiger partial charge in [-0.1, -0.05) is 18.2 Å². The summed E-state index contributed by atoms with van der Waals surface area (Å²) in [5.74, 6) is 0. The lowest BCUT2D eigenvalue weighted by Gasteiger charge is -2.18. The van der Waals surface area contributed by atoms with Crippen molar-refractivity contribution in [1.29, 1.82) is 0 Å². The van der Waals surface area contributed by atoms with Crippen molar-refractivity contribution in [3.8, 4) is 0 Å². The van der Waals surface area contributed by atoms with E-state index in [-0.39, 0.29) is 6.04 Å². The van der Waals surface area contributed by atoms with Gasteiger partial charge in [0.05, 0.1) is 5.56 Å². The zero-order chi connectivity index (χ0) is 15.6. The molecule has 1 N–H and O–H groups in total. The molecule has 0 aliphatic heterocycles. The van der Waals surface area contributed by atoms with Crippen molar-refractivity contribution in [2.45, 2.75) is 26.1 Å². The molecule has 2 rings (SSSR count). The van der Waals surface area contributed by atoms with Crippen molar-refractivity contribution in [2.75, 3.05) is 5.32 Å². The molecule has 112 valence electrons. The van der Waals surface area contributed by atoms with E-state index in [1.807, 2.05) is 32.0 Å². The summed E-state index contributed by atoms with van der Waals surface area (Å²) in [5, 5.41) is 3.23. The summed E-state index contributed by atoms with van der Waals surface area (Å²) in [6.07, 6.45) is -4.31. The number of benzene rings is 2. The van der Waals surface area contributed by atoms with Gasteiger partial charge in [-0.2, -0.15) is 13.2 Å². The van der Waals surface area contributed by atoms with Crippen LogP contribution in [0.1, 0.15) is 29.7 Å². The highest BCUT2D eigenvalue weighted by Gasteiger charge is 2.30. The van der Waals surface area contributed by atoms with Crippen LogP contribution in [0.4, 0.5) is 18.9 Å². The minimum Gasteiger partial charge on any atom is -0.378 e.